The lowest BCUT2D eigenvalue weighted by Gasteiger charge is -2.27. The average Bonchev–Trinajstić information content (AvgIpc) is 2.81. The zero-order chi connectivity index (χ0) is 22.3. The van der Waals surface area contributed by atoms with Crippen molar-refractivity contribution in [2.24, 2.45) is 0 Å². The Kier molecular flexibility index (Phi) is 7.47. The summed E-state index contributed by atoms with van der Waals surface area (Å²) in [6, 6.07) is 11.4. The minimum atomic E-state index is -0.364. The van der Waals surface area contributed by atoms with Crippen LogP contribution >= 0.6 is 11.8 Å². The van der Waals surface area contributed by atoms with Gasteiger partial charge in [0.2, 0.25) is 5.91 Å². The van der Waals surface area contributed by atoms with Gasteiger partial charge in [0, 0.05) is 23.6 Å². The quantitative estimate of drug-likeness (QED) is 0.486. The molecule has 0 spiro atoms. The van der Waals surface area contributed by atoms with Gasteiger partial charge in [-0.1, -0.05) is 23.8 Å². The third-order valence-corrected chi connectivity index (χ3v) is 6.88. The number of anilines is 2. The van der Waals surface area contributed by atoms with Gasteiger partial charge in [-0.2, -0.15) is 11.8 Å². The molecule has 2 aromatic carbocycles. The molecule has 2 aliphatic rings. The number of benzene rings is 2. The van der Waals surface area contributed by atoms with E-state index in [1.54, 1.807) is 36.0 Å². The van der Waals surface area contributed by atoms with Crippen molar-refractivity contribution in [2.45, 2.75) is 43.9 Å². The van der Waals surface area contributed by atoms with E-state index >= 15 is 0 Å². The maximum absolute atomic E-state index is 13.0. The van der Waals surface area contributed by atoms with Crippen LogP contribution in [0.5, 0.6) is 0 Å². The van der Waals surface area contributed by atoms with Gasteiger partial charge in [-0.25, -0.2) is 4.39 Å². The Hall–Kier alpha value is -2.80. The lowest BCUT2D eigenvalue weighted by molar-refractivity contribution is -0.116. The molecule has 0 bridgehead atoms. The molecule has 2 amide bonds. The fraction of sp³-hybridized carbons (Fsp3) is 0.360. The number of thioether (sulfide) groups is 1. The van der Waals surface area contributed by atoms with E-state index in [9.17, 15) is 14.0 Å². The van der Waals surface area contributed by atoms with E-state index in [2.05, 4.69) is 22.0 Å². The first-order chi connectivity index (χ1) is 15.6. The minimum Gasteiger partial charge on any atom is -0.371 e. The molecule has 1 unspecified atom stereocenters. The molecular weight excluding hydrogens is 425 g/mol. The minimum absolute atomic E-state index is 0.120. The van der Waals surface area contributed by atoms with Gasteiger partial charge in [0.15, 0.2) is 0 Å². The summed E-state index contributed by atoms with van der Waals surface area (Å²) in [6.45, 7) is 0.625. The van der Waals surface area contributed by atoms with E-state index in [-0.39, 0.29) is 23.7 Å². The van der Waals surface area contributed by atoms with Crippen LogP contribution in [-0.4, -0.2) is 30.2 Å². The molecule has 1 heterocycles. The largest absolute Gasteiger partial charge is 0.371 e. The second kappa shape index (κ2) is 10.7. The van der Waals surface area contributed by atoms with E-state index in [4.69, 9.17) is 0 Å². The highest BCUT2D eigenvalue weighted by molar-refractivity contribution is 7.98. The van der Waals surface area contributed by atoms with Gasteiger partial charge in [0.1, 0.15) is 11.9 Å². The van der Waals surface area contributed by atoms with Crippen molar-refractivity contribution in [1.29, 1.82) is 0 Å². The number of hydrogen-bond donors (Lipinski definition) is 3. The van der Waals surface area contributed by atoms with Crippen molar-refractivity contribution >= 4 is 35.0 Å². The van der Waals surface area contributed by atoms with Crippen molar-refractivity contribution in [3.63, 3.8) is 0 Å². The third-order valence-electron chi connectivity index (χ3n) is 5.77. The molecule has 32 heavy (non-hydrogen) atoms. The molecule has 7 heteroatoms. The average molecular weight is 454 g/mol. The van der Waals surface area contributed by atoms with Gasteiger partial charge in [0.25, 0.3) is 5.91 Å². The number of fused-ring (bicyclic) bond motifs is 1. The van der Waals surface area contributed by atoms with Crippen LogP contribution in [0.3, 0.4) is 0 Å². The predicted octanol–water partition coefficient (Wildman–Crippen LogP) is 5.11. The summed E-state index contributed by atoms with van der Waals surface area (Å²) in [4.78, 5) is 25.1. The molecule has 0 radical (unpaired) electrons. The SMILES string of the molecule is O=C(NCCC1=CCCCC1)c1ccc2c(c1)NC(=O)C(CSCc1ccc(F)cc1)N2. The molecule has 2 aromatic rings. The van der Waals surface area contributed by atoms with E-state index in [0.29, 0.717) is 29.3 Å². The number of rotatable bonds is 8. The van der Waals surface area contributed by atoms with E-state index in [0.717, 1.165) is 30.5 Å². The summed E-state index contributed by atoms with van der Waals surface area (Å²) in [5.74, 6) is 0.787. The number of amides is 2. The van der Waals surface area contributed by atoms with E-state index in [1.807, 2.05) is 6.07 Å². The molecule has 0 saturated heterocycles. The molecule has 1 aliphatic carbocycles. The second-order valence-corrected chi connectivity index (χ2v) is 9.23. The summed E-state index contributed by atoms with van der Waals surface area (Å²) >= 11 is 1.61. The zero-order valence-corrected chi connectivity index (χ0v) is 18.8. The summed E-state index contributed by atoms with van der Waals surface area (Å²) < 4.78 is 13.0. The number of hydrogen-bond acceptors (Lipinski definition) is 4. The number of halogens is 1. The molecule has 0 aromatic heterocycles. The monoisotopic (exact) mass is 453 g/mol. The Balaban J connectivity index is 1.28. The lowest BCUT2D eigenvalue weighted by atomic mass is 9.97. The second-order valence-electron chi connectivity index (χ2n) is 8.20. The van der Waals surface area contributed by atoms with Crippen molar-refractivity contribution in [3.05, 3.63) is 71.1 Å². The fourth-order valence-electron chi connectivity index (χ4n) is 3.95. The summed E-state index contributed by atoms with van der Waals surface area (Å²) in [5.41, 5.74) is 4.41. The van der Waals surface area contributed by atoms with Crippen LogP contribution in [0.1, 0.15) is 48.0 Å². The van der Waals surface area contributed by atoms with Crippen LogP contribution in [0.15, 0.2) is 54.1 Å². The normalized spacial score (nSPS) is 17.6. The van der Waals surface area contributed by atoms with Crippen molar-refractivity contribution in [1.82, 2.24) is 5.32 Å². The molecule has 168 valence electrons. The number of carbonyl (C=O) groups excluding carboxylic acids is 2. The molecular formula is C25H28FN3O2S. The molecule has 3 N–H and O–H groups in total. The number of nitrogens with one attached hydrogen (secondary N) is 3. The Morgan fingerprint density at radius 2 is 1.97 bits per heavy atom. The Morgan fingerprint density at radius 1 is 1.12 bits per heavy atom. The standard InChI is InChI=1S/C25H28FN3O2S/c26-20-9-6-18(7-10-20)15-32-16-23-25(31)29-22-14-19(8-11-21(22)28-23)24(30)27-13-12-17-4-2-1-3-5-17/h4,6-11,14,23,28H,1-3,5,12-13,15-16H2,(H,27,30)(H,29,31). The first-order valence-electron chi connectivity index (χ1n) is 11.1. The van der Waals surface area contributed by atoms with Crippen molar-refractivity contribution in [2.75, 3.05) is 22.9 Å². The highest BCUT2D eigenvalue weighted by Crippen LogP contribution is 2.29. The molecule has 5 nitrogen and oxygen atoms in total. The lowest BCUT2D eigenvalue weighted by Crippen LogP contribution is -2.40. The van der Waals surface area contributed by atoms with Gasteiger partial charge in [-0.05, 0) is 68.0 Å². The smallest absolute Gasteiger partial charge is 0.251 e. The van der Waals surface area contributed by atoms with Crippen LogP contribution < -0.4 is 16.0 Å². The van der Waals surface area contributed by atoms with Crippen molar-refractivity contribution < 1.29 is 14.0 Å². The Labute approximate surface area is 192 Å². The first kappa shape index (κ1) is 22.4. The maximum atomic E-state index is 13.0. The molecule has 0 fully saturated rings. The molecule has 4 rings (SSSR count). The molecule has 1 aliphatic heterocycles. The first-order valence-corrected chi connectivity index (χ1v) is 12.2. The van der Waals surface area contributed by atoms with E-state index in [1.165, 1.54) is 30.5 Å². The van der Waals surface area contributed by atoms with Gasteiger partial charge < -0.3 is 16.0 Å². The highest BCUT2D eigenvalue weighted by Gasteiger charge is 2.26. The maximum Gasteiger partial charge on any atom is 0.251 e. The number of carbonyl (C=O) groups is 2. The molecule has 0 saturated carbocycles. The highest BCUT2D eigenvalue weighted by atomic mass is 32.2. The topological polar surface area (TPSA) is 70.2 Å². The predicted molar refractivity (Wildman–Crippen MR) is 129 cm³/mol. The number of allylic oxidation sites excluding steroid dienone is 1. The van der Waals surface area contributed by atoms with Gasteiger partial charge in [0.05, 0.1) is 11.4 Å². The third kappa shape index (κ3) is 5.91. The van der Waals surface area contributed by atoms with Crippen LogP contribution in [0.2, 0.25) is 0 Å². The van der Waals surface area contributed by atoms with Gasteiger partial charge in [-0.3, -0.25) is 9.59 Å². The Morgan fingerprint density at radius 3 is 2.75 bits per heavy atom. The summed E-state index contributed by atoms with van der Waals surface area (Å²) in [7, 11) is 0. The summed E-state index contributed by atoms with van der Waals surface area (Å²) in [6.07, 6.45) is 7.97. The fourth-order valence-corrected chi connectivity index (χ4v) is 4.97. The Bertz CT molecular complexity index is 1010. The van der Waals surface area contributed by atoms with Crippen LogP contribution in [0, 0.1) is 5.82 Å². The van der Waals surface area contributed by atoms with Crippen LogP contribution in [0.25, 0.3) is 0 Å². The summed E-state index contributed by atoms with van der Waals surface area (Å²) in [5, 5.41) is 9.16. The van der Waals surface area contributed by atoms with Gasteiger partial charge >= 0.3 is 0 Å². The molecule has 1 atom stereocenters. The van der Waals surface area contributed by atoms with Crippen molar-refractivity contribution in [3.8, 4) is 0 Å². The van der Waals surface area contributed by atoms with Crippen LogP contribution in [-0.2, 0) is 10.5 Å². The van der Waals surface area contributed by atoms with Crippen LogP contribution in [0.4, 0.5) is 15.8 Å². The van der Waals surface area contributed by atoms with E-state index < -0.39 is 0 Å². The zero-order valence-electron chi connectivity index (χ0n) is 18.0. The van der Waals surface area contributed by atoms with Gasteiger partial charge in [-0.15, -0.1) is 0 Å².